The summed E-state index contributed by atoms with van der Waals surface area (Å²) in [5.41, 5.74) is 2.88. The van der Waals surface area contributed by atoms with E-state index in [9.17, 15) is 18.0 Å². The Morgan fingerprint density at radius 3 is 2.58 bits per heavy atom. The number of aromatic nitrogens is 3. The minimum absolute atomic E-state index is 0.0253. The molecule has 0 atom stereocenters. The summed E-state index contributed by atoms with van der Waals surface area (Å²) in [6.07, 6.45) is -2.14. The van der Waals surface area contributed by atoms with E-state index in [0.29, 0.717) is 12.2 Å². The number of aryl methyl sites for hydroxylation is 3. The van der Waals surface area contributed by atoms with Crippen LogP contribution in [-0.4, -0.2) is 33.8 Å². The topological polar surface area (TPSA) is 60.3 Å². The first-order chi connectivity index (χ1) is 17.3. The minimum Gasteiger partial charge on any atom is -0.467 e. The summed E-state index contributed by atoms with van der Waals surface area (Å²) in [6.45, 7) is 3.64. The van der Waals surface area contributed by atoms with Gasteiger partial charge in [-0.3, -0.25) is 4.79 Å². The molecule has 0 fully saturated rings. The number of benzene rings is 2. The van der Waals surface area contributed by atoms with E-state index in [1.807, 2.05) is 43.3 Å². The quantitative estimate of drug-likeness (QED) is 0.359. The monoisotopic (exact) mass is 494 g/mol. The Hall–Kier alpha value is -3.88. The number of halogens is 3. The molecule has 0 radical (unpaired) electrons. The number of hydrogen-bond acceptors (Lipinski definition) is 4. The molecule has 186 valence electrons. The van der Waals surface area contributed by atoms with E-state index in [-0.39, 0.29) is 28.5 Å². The zero-order valence-electron chi connectivity index (χ0n) is 20.0. The summed E-state index contributed by atoms with van der Waals surface area (Å²) in [4.78, 5) is 18.9. The predicted octanol–water partition coefficient (Wildman–Crippen LogP) is 5.67. The van der Waals surface area contributed by atoms with Gasteiger partial charge >= 0.3 is 6.18 Å². The Balaban J connectivity index is 1.50. The number of fused-ring (bicyclic) bond motifs is 2. The van der Waals surface area contributed by atoms with Gasteiger partial charge in [0, 0.05) is 18.3 Å². The van der Waals surface area contributed by atoms with Crippen LogP contribution in [0, 0.1) is 6.92 Å². The molecule has 2 aromatic heterocycles. The molecule has 0 bridgehead atoms. The fourth-order valence-corrected chi connectivity index (χ4v) is 4.62. The summed E-state index contributed by atoms with van der Waals surface area (Å²) in [7, 11) is 0. The lowest BCUT2D eigenvalue weighted by atomic mass is 10.0. The number of amides is 1. The Kier molecular flexibility index (Phi) is 6.15. The van der Waals surface area contributed by atoms with Gasteiger partial charge in [-0.2, -0.15) is 23.3 Å². The largest absolute Gasteiger partial charge is 0.467 e. The van der Waals surface area contributed by atoms with E-state index in [2.05, 4.69) is 10.1 Å². The van der Waals surface area contributed by atoms with Crippen LogP contribution in [0.3, 0.4) is 0 Å². The SMILES string of the molecule is CCc1ccc(-n2nc(C)c3c(C(F)(F)F)cc(OCC(=O)N4CCCc5ccccc54)nc32)cc1. The molecule has 0 spiro atoms. The van der Waals surface area contributed by atoms with Gasteiger partial charge in [-0.05, 0) is 55.5 Å². The molecule has 5 rings (SSSR count). The first-order valence-electron chi connectivity index (χ1n) is 11.8. The lowest BCUT2D eigenvalue weighted by Crippen LogP contribution is -2.38. The van der Waals surface area contributed by atoms with Crippen molar-refractivity contribution in [1.29, 1.82) is 0 Å². The van der Waals surface area contributed by atoms with Crippen molar-refractivity contribution in [3.8, 4) is 11.6 Å². The average Bonchev–Trinajstić information content (AvgIpc) is 3.22. The molecule has 1 aliphatic heterocycles. The molecule has 9 heteroatoms. The fourth-order valence-electron chi connectivity index (χ4n) is 4.62. The molecular formula is C27H25F3N4O2. The van der Waals surface area contributed by atoms with Crippen molar-refractivity contribution in [2.75, 3.05) is 18.1 Å². The van der Waals surface area contributed by atoms with Gasteiger partial charge in [0.15, 0.2) is 12.3 Å². The number of anilines is 1. The number of pyridine rings is 1. The lowest BCUT2D eigenvalue weighted by molar-refractivity contribution is -0.136. The molecule has 0 aliphatic carbocycles. The molecule has 0 unspecified atom stereocenters. The summed E-state index contributed by atoms with van der Waals surface area (Å²) in [5, 5.41) is 4.26. The van der Waals surface area contributed by atoms with Crippen LogP contribution in [0.25, 0.3) is 16.7 Å². The number of carbonyl (C=O) groups is 1. The van der Waals surface area contributed by atoms with Crippen molar-refractivity contribution in [1.82, 2.24) is 14.8 Å². The second-order valence-electron chi connectivity index (χ2n) is 8.79. The third kappa shape index (κ3) is 4.41. The van der Waals surface area contributed by atoms with Crippen LogP contribution in [0.15, 0.2) is 54.6 Å². The van der Waals surface area contributed by atoms with Crippen LogP contribution in [0.1, 0.15) is 35.7 Å². The van der Waals surface area contributed by atoms with Crippen LogP contribution in [0.4, 0.5) is 18.9 Å². The highest BCUT2D eigenvalue weighted by Crippen LogP contribution is 2.38. The second kappa shape index (κ2) is 9.29. The van der Waals surface area contributed by atoms with E-state index in [1.54, 1.807) is 17.0 Å². The third-order valence-corrected chi connectivity index (χ3v) is 6.44. The molecule has 4 aromatic rings. The van der Waals surface area contributed by atoms with E-state index < -0.39 is 18.3 Å². The molecular weight excluding hydrogens is 469 g/mol. The van der Waals surface area contributed by atoms with Crippen molar-refractivity contribution in [2.45, 2.75) is 39.3 Å². The van der Waals surface area contributed by atoms with Gasteiger partial charge in [0.25, 0.3) is 5.91 Å². The Bertz CT molecular complexity index is 1430. The van der Waals surface area contributed by atoms with Gasteiger partial charge < -0.3 is 9.64 Å². The number of hydrogen-bond donors (Lipinski definition) is 0. The van der Waals surface area contributed by atoms with Gasteiger partial charge in [-0.15, -0.1) is 0 Å². The van der Waals surface area contributed by atoms with Crippen molar-refractivity contribution in [2.24, 2.45) is 0 Å². The highest BCUT2D eigenvalue weighted by atomic mass is 19.4. The number of alkyl halides is 3. The molecule has 1 aliphatic rings. The summed E-state index contributed by atoms with van der Waals surface area (Å²) < 4.78 is 49.1. The van der Waals surface area contributed by atoms with Gasteiger partial charge in [0.1, 0.15) is 0 Å². The number of ether oxygens (including phenoxy) is 1. The zero-order valence-corrected chi connectivity index (χ0v) is 20.0. The summed E-state index contributed by atoms with van der Waals surface area (Å²) >= 11 is 0. The smallest absolute Gasteiger partial charge is 0.417 e. The Morgan fingerprint density at radius 1 is 1.11 bits per heavy atom. The Labute approximate surface area is 206 Å². The number of carbonyl (C=O) groups excluding carboxylic acids is 1. The summed E-state index contributed by atoms with van der Waals surface area (Å²) in [5.74, 6) is -0.614. The van der Waals surface area contributed by atoms with E-state index in [0.717, 1.165) is 42.1 Å². The Morgan fingerprint density at radius 2 is 1.86 bits per heavy atom. The van der Waals surface area contributed by atoms with Gasteiger partial charge in [-0.1, -0.05) is 37.3 Å². The predicted molar refractivity (Wildman–Crippen MR) is 131 cm³/mol. The molecule has 0 saturated heterocycles. The van der Waals surface area contributed by atoms with Crippen molar-refractivity contribution >= 4 is 22.6 Å². The van der Waals surface area contributed by atoms with E-state index >= 15 is 0 Å². The van der Waals surface area contributed by atoms with Crippen LogP contribution < -0.4 is 9.64 Å². The highest BCUT2D eigenvalue weighted by molar-refractivity contribution is 5.95. The molecule has 3 heterocycles. The fraction of sp³-hybridized carbons (Fsp3) is 0.296. The highest BCUT2D eigenvalue weighted by Gasteiger charge is 2.36. The van der Waals surface area contributed by atoms with Gasteiger partial charge in [0.05, 0.1) is 22.3 Å². The van der Waals surface area contributed by atoms with Crippen molar-refractivity contribution in [3.63, 3.8) is 0 Å². The average molecular weight is 495 g/mol. The molecule has 1 amide bonds. The van der Waals surface area contributed by atoms with Crippen LogP contribution in [-0.2, 0) is 23.8 Å². The van der Waals surface area contributed by atoms with Crippen LogP contribution >= 0.6 is 0 Å². The molecule has 0 N–H and O–H groups in total. The standard InChI is InChI=1S/C27H25F3N4O2/c1-3-18-10-12-20(13-11-18)34-26-25(17(2)32-34)21(27(28,29)30)15-23(31-26)36-16-24(35)33-14-6-8-19-7-4-5-9-22(19)33/h4-5,7,9-13,15H,3,6,8,14,16H2,1-2H3. The first-order valence-corrected chi connectivity index (χ1v) is 11.8. The maximum Gasteiger partial charge on any atom is 0.417 e. The third-order valence-electron chi connectivity index (χ3n) is 6.44. The van der Waals surface area contributed by atoms with E-state index in [1.165, 1.54) is 11.6 Å². The summed E-state index contributed by atoms with van der Waals surface area (Å²) in [6, 6.07) is 15.8. The first kappa shape index (κ1) is 23.8. The minimum atomic E-state index is -4.65. The molecule has 36 heavy (non-hydrogen) atoms. The van der Waals surface area contributed by atoms with Crippen molar-refractivity contribution < 1.29 is 22.7 Å². The van der Waals surface area contributed by atoms with Gasteiger partial charge in [-0.25, -0.2) is 4.68 Å². The van der Waals surface area contributed by atoms with Crippen LogP contribution in [0.2, 0.25) is 0 Å². The molecule has 6 nitrogen and oxygen atoms in total. The maximum atomic E-state index is 14.0. The number of rotatable bonds is 5. The molecule has 0 saturated carbocycles. The number of para-hydroxylation sites is 1. The van der Waals surface area contributed by atoms with Crippen LogP contribution in [0.5, 0.6) is 5.88 Å². The lowest BCUT2D eigenvalue weighted by Gasteiger charge is -2.29. The van der Waals surface area contributed by atoms with Gasteiger partial charge in [0.2, 0.25) is 5.88 Å². The second-order valence-corrected chi connectivity index (χ2v) is 8.79. The normalized spacial score (nSPS) is 13.6. The zero-order chi connectivity index (χ0) is 25.4. The van der Waals surface area contributed by atoms with E-state index in [4.69, 9.17) is 4.74 Å². The maximum absolute atomic E-state index is 14.0. The van der Waals surface area contributed by atoms with Crippen molar-refractivity contribution in [3.05, 3.63) is 77.0 Å². The molecule has 2 aromatic carbocycles. The number of nitrogens with zero attached hydrogens (tertiary/aromatic N) is 4.